The molecule has 5 aliphatic heterocycles. The van der Waals surface area contributed by atoms with E-state index in [1.807, 2.05) is 0 Å². The summed E-state index contributed by atoms with van der Waals surface area (Å²) in [6, 6.07) is 0.936. The number of amides is 2. The Kier molecular flexibility index (Phi) is 38.5. The molecule has 5 fully saturated rings. The van der Waals surface area contributed by atoms with Crippen LogP contribution in [0.3, 0.4) is 0 Å². The van der Waals surface area contributed by atoms with Gasteiger partial charge in [-0.3, -0.25) is 36.4 Å². The maximum absolute atomic E-state index is 13.3. The van der Waals surface area contributed by atoms with E-state index in [0.717, 1.165) is 13.8 Å². The summed E-state index contributed by atoms with van der Waals surface area (Å²) in [4.78, 5) is 64.1. The minimum atomic E-state index is -5.77. The smallest absolute Gasteiger partial charge is 0.726 e. The number of benzene rings is 1. The van der Waals surface area contributed by atoms with Crippen molar-refractivity contribution >= 4 is 75.2 Å². The van der Waals surface area contributed by atoms with Gasteiger partial charge in [0, 0.05) is 13.8 Å². The molecule has 5 saturated heterocycles. The number of aliphatic hydroxyl groups excluding tert-OH is 7. The number of ether oxygens (including phenoxy) is 11. The van der Waals surface area contributed by atoms with Gasteiger partial charge in [0.15, 0.2) is 68.1 Å². The van der Waals surface area contributed by atoms with E-state index in [2.05, 4.69) is 37.7 Å². The maximum atomic E-state index is 13.3. The summed E-state index contributed by atoms with van der Waals surface area (Å²) >= 11 is -0.844. The molecule has 508 valence electrons. The van der Waals surface area contributed by atoms with Crippen molar-refractivity contribution in [2.24, 2.45) is 0 Å². The molecule has 44 nitrogen and oxygen atoms in total. The van der Waals surface area contributed by atoms with Gasteiger partial charge in [-0.1, -0.05) is 0 Å². The number of hydrogen-bond donors (Lipinski definition) is 12. The van der Waals surface area contributed by atoms with Crippen molar-refractivity contribution < 1.29 is 317 Å². The minimum absolute atomic E-state index is 0. The molecule has 5 aliphatic rings. The van der Waals surface area contributed by atoms with Crippen LogP contribution in [0.4, 0.5) is 0 Å². The second kappa shape index (κ2) is 40.3. The molecule has 0 aliphatic carbocycles. The third kappa shape index (κ3) is 24.4. The quantitative estimate of drug-likeness (QED) is 0.00647. The van der Waals surface area contributed by atoms with Crippen LogP contribution in [-0.4, -0.2) is 280 Å². The maximum Gasteiger partial charge on any atom is 1.00 e. The second-order valence-electron chi connectivity index (χ2n) is 18.9. The molecule has 12 N–H and O–H groups in total. The molecular weight excluding hydrogens is 1410 g/mol. The standard InChI is InChI=1S/C41H58N2O42S4.4Na/c1-10(44)42-16-27(73-40-22(50)18(46)19(47)31(77-40)34(53)54)25(80-86-84-82-59)14(8-68-88(61,62)63)71-37(16)76-30-21(49)24(52)41(79-33(30)36(57)58)74-28-17(43-11(2)45)38(72-15(9-69-89(64,65)66)26(28)81-87-85-83-60)75-29-20(48)23(51)39(78-32(29)35(55)56)70-13-6-4-12(67-3)5-7-13;;;;/h4-7,14-33,37-41,46-52,59-60H,8-9H2,1-3H3,(H,42,44)(H,43,45)(H,53,54)(H,55,56)(H,57,58)(H,61,62,63)(H,64,65,66);;;;/q;4*+1/p-4/t14?,15?,16?,17?,18?,19-,20?,21?,22?,23?,24?,25-,26-,27+,28+,29-,30-,31-,32-,33-,37-,38-,39-,40-,41-;;;;/m0..../s1. The van der Waals surface area contributed by atoms with Gasteiger partial charge in [-0.2, -0.15) is 0 Å². The first-order valence-electron chi connectivity index (χ1n) is 24.8. The van der Waals surface area contributed by atoms with E-state index in [1.54, 1.807) is 0 Å². The van der Waals surface area contributed by atoms with Gasteiger partial charge in [0.2, 0.25) is 38.9 Å². The van der Waals surface area contributed by atoms with Crippen LogP contribution >= 0.6 is 24.6 Å². The summed E-state index contributed by atoms with van der Waals surface area (Å²) in [5.74, 6) is -8.15. The summed E-state index contributed by atoms with van der Waals surface area (Å²) in [5.41, 5.74) is 0. The molecule has 0 bridgehead atoms. The third-order valence-corrected chi connectivity index (χ3v) is 14.7. The SMILES string of the molecule is COc1ccc(O[C@H]2O[C@H](C(=O)O)[C@@H](O[C@@H]3OC(COS(=O)(=O)[O-])[C@H](OSOO[O-])[C@H](O[C@H]4O[C@H](C(=O)O)[C@@H](O[C@@H]5OC(COS(=O)(=O)[O-])[C@H](OSOO[O-])[C@H](O[C@H]6O[C@H](C(=O)O)[C@@H](O)C(O)C6O)C5NC(C)=O)C(O)C4O)C3NC(C)=O)C(O)C2O)cc1.[Na+].[Na+].[Na+].[Na+]. The Morgan fingerprint density at radius 3 is 1.18 bits per heavy atom. The molecular formula is C41H54N2Na4O42S4. The van der Waals surface area contributed by atoms with Crippen LogP contribution in [0.1, 0.15) is 13.8 Å². The average Bonchev–Trinajstić information content (AvgIpc) is 0.832. The van der Waals surface area contributed by atoms with Gasteiger partial charge >= 0.3 is 136 Å². The monoisotopic (exact) mass is 1470 g/mol. The van der Waals surface area contributed by atoms with Crippen molar-refractivity contribution in [3.05, 3.63) is 24.3 Å². The number of carboxylic acids is 3. The molecule has 5 heterocycles. The molecule has 0 aromatic heterocycles. The fourth-order valence-electron chi connectivity index (χ4n) is 9.24. The molecule has 0 radical (unpaired) electrons. The first kappa shape index (κ1) is 88.7. The van der Waals surface area contributed by atoms with Crippen LogP contribution < -0.4 is 149 Å². The van der Waals surface area contributed by atoms with Crippen molar-refractivity contribution in [3.8, 4) is 11.5 Å². The topological polar surface area (TPSA) is 648 Å². The molecule has 6 rings (SSSR count). The van der Waals surface area contributed by atoms with Crippen molar-refractivity contribution in [2.45, 2.75) is 167 Å². The van der Waals surface area contributed by atoms with Gasteiger partial charge in [0.1, 0.15) is 115 Å². The molecule has 10 unspecified atom stereocenters. The summed E-state index contributed by atoms with van der Waals surface area (Å²) in [5, 5.41) is 141. The second-order valence-corrected chi connectivity index (χ2v) is 21.9. The van der Waals surface area contributed by atoms with E-state index in [9.17, 15) is 111 Å². The molecule has 25 atom stereocenters. The normalized spacial score (nSPS) is 36.2. The Balaban J connectivity index is 0.00000736. The number of carbonyl (C=O) groups is 5. The summed E-state index contributed by atoms with van der Waals surface area (Å²) in [6.45, 7) is -1.47. The largest absolute Gasteiger partial charge is 1.00 e. The van der Waals surface area contributed by atoms with Gasteiger partial charge in [-0.05, 0) is 24.3 Å². The Morgan fingerprint density at radius 2 is 0.828 bits per heavy atom. The van der Waals surface area contributed by atoms with E-state index in [-0.39, 0.29) is 124 Å². The summed E-state index contributed by atoms with van der Waals surface area (Å²) < 4.78 is 160. The molecule has 2 amide bonds. The molecule has 1 aromatic rings. The zero-order valence-electron chi connectivity index (χ0n) is 48.8. The Bertz CT molecular complexity index is 2770. The Morgan fingerprint density at radius 1 is 0.484 bits per heavy atom. The van der Waals surface area contributed by atoms with Gasteiger partial charge in [-0.15, -0.1) is 8.67 Å². The molecule has 52 heteroatoms. The fourth-order valence-corrected chi connectivity index (χ4v) is 10.6. The van der Waals surface area contributed by atoms with Gasteiger partial charge in [-0.25, -0.2) is 31.2 Å². The average molecular weight is 1470 g/mol. The number of methoxy groups -OCH3 is 1. The fraction of sp³-hybridized carbons (Fsp3) is 0.732. The summed E-state index contributed by atoms with van der Waals surface area (Å²) in [6.07, 6.45) is -56.1. The van der Waals surface area contributed by atoms with Crippen LogP contribution in [0.15, 0.2) is 24.3 Å². The van der Waals surface area contributed by atoms with Gasteiger partial charge in [0.25, 0.3) is 0 Å². The number of hydrogen-bond acceptors (Lipinski definition) is 41. The number of carboxylic acid groups (broad SMARTS) is 3. The molecule has 0 spiro atoms. The number of rotatable bonds is 30. The van der Waals surface area contributed by atoms with Crippen LogP contribution in [0.25, 0.3) is 0 Å². The third-order valence-electron chi connectivity index (χ3n) is 13.1. The van der Waals surface area contributed by atoms with Crippen molar-refractivity contribution in [3.63, 3.8) is 0 Å². The van der Waals surface area contributed by atoms with E-state index >= 15 is 0 Å². The summed E-state index contributed by atoms with van der Waals surface area (Å²) in [7, 11) is -10.2. The number of aliphatic carboxylic acids is 3. The van der Waals surface area contributed by atoms with E-state index in [1.165, 1.54) is 31.4 Å². The predicted octanol–water partition coefficient (Wildman–Crippen LogP) is -22.7. The van der Waals surface area contributed by atoms with Crippen LogP contribution in [-0.2, 0) is 123 Å². The van der Waals surface area contributed by atoms with E-state index < -0.39 is 242 Å². The van der Waals surface area contributed by atoms with Crippen molar-refractivity contribution in [2.75, 3.05) is 20.3 Å². The zero-order valence-corrected chi connectivity index (χ0v) is 60.1. The van der Waals surface area contributed by atoms with Crippen LogP contribution in [0.5, 0.6) is 11.5 Å². The molecule has 93 heavy (non-hydrogen) atoms. The first-order chi connectivity index (χ1) is 41.8. The van der Waals surface area contributed by atoms with Crippen LogP contribution in [0, 0.1) is 0 Å². The molecule has 1 aromatic carbocycles. The molecule has 0 saturated carbocycles. The zero-order chi connectivity index (χ0) is 66.0. The van der Waals surface area contributed by atoms with Crippen molar-refractivity contribution in [1.29, 1.82) is 0 Å². The van der Waals surface area contributed by atoms with Crippen LogP contribution in [0.2, 0.25) is 0 Å². The van der Waals surface area contributed by atoms with E-state index in [4.69, 9.17) is 60.5 Å². The van der Waals surface area contributed by atoms with E-state index in [0.29, 0.717) is 5.75 Å². The number of nitrogens with one attached hydrogen (secondary N) is 2. The predicted molar refractivity (Wildman–Crippen MR) is 257 cm³/mol. The Hall–Kier alpha value is -0.350. The first-order valence-corrected chi connectivity index (χ1v) is 28.8. The number of carbonyl (C=O) groups excluding carboxylic acids is 2. The van der Waals surface area contributed by atoms with Crippen molar-refractivity contribution in [1.82, 2.24) is 10.6 Å². The Labute approximate surface area is 620 Å². The van der Waals surface area contributed by atoms with Gasteiger partial charge < -0.3 is 133 Å². The van der Waals surface area contributed by atoms with Gasteiger partial charge in [0.05, 0.1) is 20.3 Å². The number of aliphatic hydroxyl groups is 7. The minimum Gasteiger partial charge on any atom is -0.726 e.